The molecule has 162 valence electrons. The van der Waals surface area contributed by atoms with Crippen LogP contribution in [0, 0.1) is 11.8 Å². The zero-order valence-electron chi connectivity index (χ0n) is 18.1. The molecule has 7 heteroatoms. The van der Waals surface area contributed by atoms with Gasteiger partial charge < -0.3 is 9.15 Å². The van der Waals surface area contributed by atoms with Crippen LogP contribution in [0.15, 0.2) is 16.5 Å². The highest BCUT2D eigenvalue weighted by molar-refractivity contribution is 5.88. The fraction of sp³-hybridized carbons (Fsp3) is 0.727. The predicted molar refractivity (Wildman–Crippen MR) is 108 cm³/mol. The number of methoxy groups -OCH3 is 1. The average molecular weight is 407 g/mol. The van der Waals surface area contributed by atoms with E-state index in [9.17, 15) is 9.59 Å². The maximum absolute atomic E-state index is 12.7. The van der Waals surface area contributed by atoms with Crippen LogP contribution in [-0.2, 0) is 32.1 Å². The first kappa shape index (κ1) is 21.8. The number of carbonyl (C=O) groups is 2. The molecule has 0 bridgehead atoms. The second kappa shape index (κ2) is 9.30. The third-order valence-electron chi connectivity index (χ3n) is 6.23. The number of amides is 1. The maximum atomic E-state index is 12.7. The van der Waals surface area contributed by atoms with Crippen molar-refractivity contribution >= 4 is 11.9 Å². The molecule has 7 nitrogen and oxygen atoms in total. The molecule has 0 aliphatic carbocycles. The Morgan fingerprint density at radius 1 is 1.28 bits per heavy atom. The summed E-state index contributed by atoms with van der Waals surface area (Å²) in [5, 5.41) is 1.52. The Bertz CT molecular complexity index is 706. The number of hydrogen-bond donors (Lipinski definition) is 0. The maximum Gasteiger partial charge on any atom is 0.311 e. The van der Waals surface area contributed by atoms with Crippen LogP contribution in [0.1, 0.15) is 58.0 Å². The molecule has 2 fully saturated rings. The number of ether oxygens (including phenoxy) is 1. The molecular formula is C22H34N2O5. The lowest BCUT2D eigenvalue weighted by Crippen LogP contribution is -2.57. The molecule has 29 heavy (non-hydrogen) atoms. The minimum atomic E-state index is -0.616. The van der Waals surface area contributed by atoms with Crippen molar-refractivity contribution in [3.63, 3.8) is 0 Å². The zero-order valence-corrected chi connectivity index (χ0v) is 18.1. The number of likely N-dealkylation sites (tertiary alicyclic amines) is 1. The van der Waals surface area contributed by atoms with Crippen LogP contribution in [0.2, 0.25) is 0 Å². The molecule has 1 unspecified atom stereocenters. The molecule has 1 spiro atoms. The molecule has 2 aliphatic heterocycles. The Kier molecular flexibility index (Phi) is 7.01. The summed E-state index contributed by atoms with van der Waals surface area (Å²) < 4.78 is 10.9. The molecule has 1 amide bonds. The van der Waals surface area contributed by atoms with Crippen molar-refractivity contribution in [1.82, 2.24) is 9.96 Å². The molecule has 1 aromatic rings. The van der Waals surface area contributed by atoms with E-state index in [2.05, 4.69) is 25.7 Å². The number of esters is 1. The molecule has 3 heterocycles. The second-order valence-corrected chi connectivity index (χ2v) is 8.59. The number of aryl methyl sites for hydroxylation is 1. The van der Waals surface area contributed by atoms with Crippen LogP contribution in [0.4, 0.5) is 0 Å². The molecule has 0 N–H and O–H groups in total. The van der Waals surface area contributed by atoms with Crippen molar-refractivity contribution in [2.45, 2.75) is 65.0 Å². The monoisotopic (exact) mass is 406 g/mol. The van der Waals surface area contributed by atoms with Crippen LogP contribution >= 0.6 is 0 Å². The van der Waals surface area contributed by atoms with E-state index < -0.39 is 11.5 Å². The molecule has 0 saturated carbocycles. The van der Waals surface area contributed by atoms with E-state index in [0.717, 1.165) is 44.0 Å². The number of rotatable bonds is 8. The first-order valence-electron chi connectivity index (χ1n) is 10.7. The fourth-order valence-electron chi connectivity index (χ4n) is 4.43. The van der Waals surface area contributed by atoms with Gasteiger partial charge in [-0.15, -0.1) is 0 Å². The van der Waals surface area contributed by atoms with Crippen molar-refractivity contribution in [1.29, 1.82) is 0 Å². The zero-order chi connectivity index (χ0) is 21.0. The molecule has 2 aliphatic rings. The predicted octanol–water partition coefficient (Wildman–Crippen LogP) is 3.18. The summed E-state index contributed by atoms with van der Waals surface area (Å²) in [6, 6.07) is 4.05. The summed E-state index contributed by atoms with van der Waals surface area (Å²) in [4.78, 5) is 33.5. The number of hydroxylamine groups is 2. The van der Waals surface area contributed by atoms with Crippen LogP contribution in [0.25, 0.3) is 0 Å². The summed E-state index contributed by atoms with van der Waals surface area (Å²) >= 11 is 0. The van der Waals surface area contributed by atoms with Gasteiger partial charge in [-0.1, -0.05) is 20.8 Å². The largest absolute Gasteiger partial charge is 0.469 e. The van der Waals surface area contributed by atoms with Gasteiger partial charge in [0, 0.05) is 25.9 Å². The molecular weight excluding hydrogens is 372 g/mol. The quantitative estimate of drug-likeness (QED) is 0.618. The van der Waals surface area contributed by atoms with E-state index in [0.29, 0.717) is 25.4 Å². The highest BCUT2D eigenvalue weighted by atomic mass is 16.7. The van der Waals surface area contributed by atoms with E-state index in [4.69, 9.17) is 14.0 Å². The van der Waals surface area contributed by atoms with E-state index in [-0.39, 0.29) is 18.3 Å². The van der Waals surface area contributed by atoms with Gasteiger partial charge in [-0.25, -0.2) is 5.06 Å². The Hall–Kier alpha value is -1.86. The molecule has 0 radical (unpaired) electrons. The first-order valence-corrected chi connectivity index (χ1v) is 10.7. The van der Waals surface area contributed by atoms with E-state index >= 15 is 0 Å². The Labute approximate surface area is 173 Å². The fourth-order valence-corrected chi connectivity index (χ4v) is 4.43. The van der Waals surface area contributed by atoms with Crippen molar-refractivity contribution in [2.24, 2.45) is 11.8 Å². The van der Waals surface area contributed by atoms with Crippen LogP contribution in [0.3, 0.4) is 0 Å². The third-order valence-corrected chi connectivity index (χ3v) is 6.23. The van der Waals surface area contributed by atoms with Gasteiger partial charge in [0.2, 0.25) is 5.91 Å². The number of furan rings is 1. The first-order chi connectivity index (χ1) is 13.9. The molecule has 0 aromatic carbocycles. The average Bonchev–Trinajstić information content (AvgIpc) is 3.26. The third kappa shape index (κ3) is 4.67. The second-order valence-electron chi connectivity index (χ2n) is 8.59. The highest BCUT2D eigenvalue weighted by Crippen LogP contribution is 2.44. The summed E-state index contributed by atoms with van der Waals surface area (Å²) in [6.45, 7) is 9.08. The molecule has 1 atom stereocenters. The lowest BCUT2D eigenvalue weighted by Gasteiger charge is -2.45. The van der Waals surface area contributed by atoms with E-state index in [1.165, 1.54) is 12.2 Å². The van der Waals surface area contributed by atoms with Crippen LogP contribution in [-0.4, -0.2) is 54.2 Å². The standard InChI is InChI=1S/C22H34N2O5/c1-5-17-6-7-18(29-17)15-23-11-9-22(10-12-23)19(21(26)27-4)14-20(25)24(22)28-13-8-16(2)3/h6-7,16,19H,5,8-15H2,1-4H3. The van der Waals surface area contributed by atoms with Gasteiger partial charge in [-0.05, 0) is 37.3 Å². The van der Waals surface area contributed by atoms with Crippen LogP contribution in [0.5, 0.6) is 0 Å². The summed E-state index contributed by atoms with van der Waals surface area (Å²) in [5.41, 5.74) is -0.616. The lowest BCUT2D eigenvalue weighted by atomic mass is 9.77. The van der Waals surface area contributed by atoms with Gasteiger partial charge in [0.15, 0.2) is 0 Å². The minimum absolute atomic E-state index is 0.115. The van der Waals surface area contributed by atoms with E-state index in [1.807, 2.05) is 12.1 Å². The Balaban J connectivity index is 1.70. The molecule has 1 aromatic heterocycles. The lowest BCUT2D eigenvalue weighted by molar-refractivity contribution is -0.224. The Morgan fingerprint density at radius 3 is 2.55 bits per heavy atom. The van der Waals surface area contributed by atoms with Crippen molar-refractivity contribution in [3.8, 4) is 0 Å². The van der Waals surface area contributed by atoms with Gasteiger partial charge in [0.1, 0.15) is 11.5 Å². The summed E-state index contributed by atoms with van der Waals surface area (Å²) in [6.07, 6.45) is 3.28. The molecule has 3 rings (SSSR count). The minimum Gasteiger partial charge on any atom is -0.469 e. The number of hydrogen-bond acceptors (Lipinski definition) is 6. The van der Waals surface area contributed by atoms with Gasteiger partial charge in [0.25, 0.3) is 0 Å². The van der Waals surface area contributed by atoms with Gasteiger partial charge in [-0.3, -0.25) is 19.3 Å². The van der Waals surface area contributed by atoms with Gasteiger partial charge in [0.05, 0.1) is 31.7 Å². The smallest absolute Gasteiger partial charge is 0.311 e. The van der Waals surface area contributed by atoms with Crippen molar-refractivity contribution in [3.05, 3.63) is 23.7 Å². The number of nitrogens with zero attached hydrogens (tertiary/aromatic N) is 2. The highest BCUT2D eigenvalue weighted by Gasteiger charge is 2.58. The van der Waals surface area contributed by atoms with Gasteiger partial charge >= 0.3 is 5.97 Å². The molecule has 2 saturated heterocycles. The Morgan fingerprint density at radius 2 is 1.97 bits per heavy atom. The van der Waals surface area contributed by atoms with Crippen molar-refractivity contribution in [2.75, 3.05) is 26.8 Å². The SMILES string of the molecule is CCc1ccc(CN2CCC3(CC2)C(C(=O)OC)CC(=O)N3OCCC(C)C)o1. The van der Waals surface area contributed by atoms with Crippen molar-refractivity contribution < 1.29 is 23.6 Å². The number of carbonyl (C=O) groups excluding carboxylic acids is 2. The van der Waals surface area contributed by atoms with E-state index in [1.54, 1.807) is 0 Å². The normalized spacial score (nSPS) is 22.0. The van der Waals surface area contributed by atoms with Gasteiger partial charge in [-0.2, -0.15) is 0 Å². The van der Waals surface area contributed by atoms with Crippen LogP contribution < -0.4 is 0 Å². The topological polar surface area (TPSA) is 72.2 Å². The summed E-state index contributed by atoms with van der Waals surface area (Å²) in [7, 11) is 1.39. The number of piperidine rings is 1. The summed E-state index contributed by atoms with van der Waals surface area (Å²) in [5.74, 6) is 1.52.